The second-order valence-corrected chi connectivity index (χ2v) is 2.69. The van der Waals surface area contributed by atoms with Gasteiger partial charge in [-0.1, -0.05) is 12.1 Å². The number of hydrogen-bond acceptors (Lipinski definition) is 4. The lowest BCUT2D eigenvalue weighted by atomic mass is 10.1. The highest BCUT2D eigenvalue weighted by atomic mass is 16.3. The van der Waals surface area contributed by atoms with Crippen molar-refractivity contribution >= 4 is 0 Å². The van der Waals surface area contributed by atoms with Gasteiger partial charge in [-0.3, -0.25) is 0 Å². The maximum absolute atomic E-state index is 10.9. The number of aromatic amines is 1. The predicted molar refractivity (Wildman–Crippen MR) is 49.8 cm³/mol. The molecule has 5 nitrogen and oxygen atoms in total. The van der Waals surface area contributed by atoms with Crippen LogP contribution in [-0.4, -0.2) is 20.3 Å². The van der Waals surface area contributed by atoms with E-state index in [0.29, 0.717) is 11.3 Å². The molecule has 0 aliphatic heterocycles. The number of nitrogens with zero attached hydrogens (tertiary/aromatic N) is 2. The van der Waals surface area contributed by atoms with Crippen LogP contribution in [0, 0.1) is 0 Å². The number of para-hydroxylation sites is 1. The molecule has 2 aromatic rings. The third-order valence-corrected chi connectivity index (χ3v) is 1.75. The number of aromatic hydroxyl groups is 1. The second kappa shape index (κ2) is 3.29. The van der Waals surface area contributed by atoms with Gasteiger partial charge in [0.15, 0.2) is 0 Å². The second-order valence-electron chi connectivity index (χ2n) is 2.69. The van der Waals surface area contributed by atoms with E-state index in [1.807, 2.05) is 0 Å². The van der Waals surface area contributed by atoms with Gasteiger partial charge in [0.25, 0.3) is 0 Å². The van der Waals surface area contributed by atoms with Crippen LogP contribution >= 0.6 is 0 Å². The van der Waals surface area contributed by atoms with E-state index in [2.05, 4.69) is 15.2 Å². The number of phenols is 1. The summed E-state index contributed by atoms with van der Waals surface area (Å²) in [6.45, 7) is 0. The molecule has 0 amide bonds. The molecular formula is C9H7N3O2. The first kappa shape index (κ1) is 8.43. The predicted octanol–water partition coefficient (Wildman–Crippen LogP) is 0.537. The minimum absolute atomic E-state index is 0.0763. The Bertz CT molecular complexity index is 507. The maximum atomic E-state index is 10.9. The summed E-state index contributed by atoms with van der Waals surface area (Å²) in [5.41, 5.74) is 0.309. The Hall–Kier alpha value is -2.17. The van der Waals surface area contributed by atoms with Crippen molar-refractivity contribution in [3.05, 3.63) is 40.9 Å². The molecule has 0 aliphatic rings. The van der Waals surface area contributed by atoms with Crippen molar-refractivity contribution in [2.75, 3.05) is 0 Å². The number of aromatic nitrogens is 3. The highest BCUT2D eigenvalue weighted by Crippen LogP contribution is 2.24. The van der Waals surface area contributed by atoms with Crippen molar-refractivity contribution in [1.82, 2.24) is 15.2 Å². The lowest BCUT2D eigenvalue weighted by Gasteiger charge is -2.00. The highest BCUT2D eigenvalue weighted by molar-refractivity contribution is 5.65. The summed E-state index contributed by atoms with van der Waals surface area (Å²) in [7, 11) is 0. The molecule has 1 heterocycles. The highest BCUT2D eigenvalue weighted by Gasteiger charge is 2.04. The van der Waals surface area contributed by atoms with Crippen LogP contribution in [0.25, 0.3) is 11.3 Å². The third kappa shape index (κ3) is 1.47. The summed E-state index contributed by atoms with van der Waals surface area (Å²) < 4.78 is 0. The van der Waals surface area contributed by atoms with Crippen molar-refractivity contribution in [3.8, 4) is 17.0 Å². The Morgan fingerprint density at radius 1 is 1.29 bits per heavy atom. The number of hydrogen-bond donors (Lipinski definition) is 2. The Labute approximate surface area is 79.1 Å². The first-order chi connectivity index (χ1) is 6.77. The Kier molecular flexibility index (Phi) is 1.98. The number of phenolic OH excluding ortho intramolecular Hbond substituents is 1. The quantitative estimate of drug-likeness (QED) is 0.686. The molecule has 0 atom stereocenters. The normalized spacial score (nSPS) is 10.0. The van der Waals surface area contributed by atoms with Gasteiger partial charge in [0, 0.05) is 5.56 Å². The fourth-order valence-electron chi connectivity index (χ4n) is 1.13. The summed E-state index contributed by atoms with van der Waals surface area (Å²) in [5.74, 6) is 0.0763. The first-order valence-corrected chi connectivity index (χ1v) is 3.97. The minimum Gasteiger partial charge on any atom is -0.507 e. The Morgan fingerprint density at radius 3 is 2.79 bits per heavy atom. The van der Waals surface area contributed by atoms with Crippen LogP contribution in [0.2, 0.25) is 0 Å². The van der Waals surface area contributed by atoms with E-state index in [0.717, 1.165) is 0 Å². The molecular weight excluding hydrogens is 182 g/mol. The van der Waals surface area contributed by atoms with Gasteiger partial charge in [0.2, 0.25) is 0 Å². The number of benzene rings is 1. The van der Waals surface area contributed by atoms with E-state index in [1.165, 1.54) is 12.3 Å². The van der Waals surface area contributed by atoms with Gasteiger partial charge in [0.05, 0.1) is 11.9 Å². The van der Waals surface area contributed by atoms with Crippen LogP contribution in [0.4, 0.5) is 0 Å². The number of nitrogens with one attached hydrogen (secondary N) is 1. The van der Waals surface area contributed by atoms with Crippen LogP contribution in [0.5, 0.6) is 5.75 Å². The molecule has 0 saturated heterocycles. The molecule has 14 heavy (non-hydrogen) atoms. The van der Waals surface area contributed by atoms with E-state index in [-0.39, 0.29) is 5.75 Å². The van der Waals surface area contributed by atoms with E-state index in [9.17, 15) is 9.90 Å². The molecule has 0 bridgehead atoms. The van der Waals surface area contributed by atoms with Crippen molar-refractivity contribution < 1.29 is 5.11 Å². The van der Waals surface area contributed by atoms with Crippen molar-refractivity contribution in [2.45, 2.75) is 0 Å². The lowest BCUT2D eigenvalue weighted by molar-refractivity contribution is 0.477. The van der Waals surface area contributed by atoms with Crippen LogP contribution in [0.1, 0.15) is 0 Å². The van der Waals surface area contributed by atoms with Crippen LogP contribution < -0.4 is 5.69 Å². The first-order valence-electron chi connectivity index (χ1n) is 3.97. The Balaban J connectivity index is 2.61. The number of rotatable bonds is 1. The molecule has 1 aromatic carbocycles. The zero-order valence-corrected chi connectivity index (χ0v) is 7.14. The van der Waals surface area contributed by atoms with Crippen LogP contribution in [0.15, 0.2) is 35.3 Å². The largest absolute Gasteiger partial charge is 0.507 e. The van der Waals surface area contributed by atoms with Gasteiger partial charge in [-0.05, 0) is 12.1 Å². The van der Waals surface area contributed by atoms with Crippen molar-refractivity contribution in [1.29, 1.82) is 0 Å². The zero-order valence-electron chi connectivity index (χ0n) is 7.14. The molecule has 2 rings (SSSR count). The van der Waals surface area contributed by atoms with Gasteiger partial charge in [-0.15, -0.1) is 0 Å². The molecule has 0 spiro atoms. The average molecular weight is 189 g/mol. The van der Waals surface area contributed by atoms with Gasteiger partial charge >= 0.3 is 5.69 Å². The SMILES string of the molecule is O=c1nc(-c2ccccc2O)cn[nH]1. The van der Waals surface area contributed by atoms with Gasteiger partial charge < -0.3 is 5.11 Å². The minimum atomic E-state index is -0.536. The lowest BCUT2D eigenvalue weighted by Crippen LogP contribution is -2.11. The monoisotopic (exact) mass is 189 g/mol. The molecule has 1 aromatic heterocycles. The fourth-order valence-corrected chi connectivity index (χ4v) is 1.13. The van der Waals surface area contributed by atoms with E-state index in [4.69, 9.17) is 0 Å². The summed E-state index contributed by atoms with van der Waals surface area (Å²) in [5, 5.41) is 15.2. The molecule has 0 aliphatic carbocycles. The van der Waals surface area contributed by atoms with Crippen LogP contribution in [-0.2, 0) is 0 Å². The molecule has 5 heteroatoms. The standard InChI is InChI=1S/C9H7N3O2/c13-8-4-2-1-3-6(8)7-5-10-12-9(14)11-7/h1-5,13H,(H,11,12,14). The summed E-state index contributed by atoms with van der Waals surface area (Å²) in [4.78, 5) is 14.5. The molecule has 0 radical (unpaired) electrons. The van der Waals surface area contributed by atoms with Crippen molar-refractivity contribution in [3.63, 3.8) is 0 Å². The van der Waals surface area contributed by atoms with Gasteiger partial charge in [-0.2, -0.15) is 10.1 Å². The maximum Gasteiger partial charge on any atom is 0.361 e. The third-order valence-electron chi connectivity index (χ3n) is 1.75. The smallest absolute Gasteiger partial charge is 0.361 e. The van der Waals surface area contributed by atoms with E-state index in [1.54, 1.807) is 18.2 Å². The van der Waals surface area contributed by atoms with Gasteiger partial charge in [0.1, 0.15) is 5.75 Å². The topological polar surface area (TPSA) is 78.9 Å². The summed E-state index contributed by atoms with van der Waals surface area (Å²) in [6.07, 6.45) is 1.39. The molecule has 70 valence electrons. The Morgan fingerprint density at radius 2 is 2.07 bits per heavy atom. The molecule has 0 unspecified atom stereocenters. The summed E-state index contributed by atoms with van der Waals surface area (Å²) >= 11 is 0. The van der Waals surface area contributed by atoms with E-state index >= 15 is 0 Å². The fraction of sp³-hybridized carbons (Fsp3) is 0. The van der Waals surface area contributed by atoms with Crippen LogP contribution in [0.3, 0.4) is 0 Å². The number of H-pyrrole nitrogens is 1. The van der Waals surface area contributed by atoms with Gasteiger partial charge in [-0.25, -0.2) is 9.89 Å². The molecule has 0 fully saturated rings. The van der Waals surface area contributed by atoms with E-state index < -0.39 is 5.69 Å². The van der Waals surface area contributed by atoms with Crippen molar-refractivity contribution in [2.24, 2.45) is 0 Å². The molecule has 0 saturated carbocycles. The average Bonchev–Trinajstić information content (AvgIpc) is 2.18. The molecule has 2 N–H and O–H groups in total. The summed E-state index contributed by atoms with van der Waals surface area (Å²) in [6, 6.07) is 6.63. The zero-order chi connectivity index (χ0) is 9.97.